The molecule has 0 atom stereocenters. The van der Waals surface area contributed by atoms with Crippen molar-refractivity contribution in [2.75, 3.05) is 5.73 Å². The number of nitrogens with one attached hydrogen (secondary N) is 2. The minimum atomic E-state index is 0.788. The number of aromatic nitrogens is 1. The number of nitrogens with two attached hydrogens (primary N) is 1. The zero-order chi connectivity index (χ0) is 28.6. The van der Waals surface area contributed by atoms with Crippen molar-refractivity contribution in [3.63, 3.8) is 0 Å². The van der Waals surface area contributed by atoms with Gasteiger partial charge in [-0.2, -0.15) is 0 Å². The van der Waals surface area contributed by atoms with Crippen LogP contribution in [0.15, 0.2) is 116 Å². The molecular formula is C34H46N4. The van der Waals surface area contributed by atoms with Crippen LogP contribution >= 0.6 is 0 Å². The molecule has 4 nitrogen and oxygen atoms in total. The second-order valence-corrected chi connectivity index (χ2v) is 8.00. The lowest BCUT2D eigenvalue weighted by Crippen LogP contribution is -2.12. The molecule has 4 heteroatoms. The third-order valence-corrected chi connectivity index (χ3v) is 5.05. The molecule has 0 aliphatic heterocycles. The van der Waals surface area contributed by atoms with Crippen LogP contribution in [-0.4, -0.2) is 11.2 Å². The predicted molar refractivity (Wildman–Crippen MR) is 170 cm³/mol. The zero-order valence-electron chi connectivity index (χ0n) is 23.9. The van der Waals surface area contributed by atoms with Gasteiger partial charge in [0.15, 0.2) is 0 Å². The number of rotatable bonds is 6. The van der Waals surface area contributed by atoms with Crippen LogP contribution in [0.5, 0.6) is 0 Å². The second-order valence-electron chi connectivity index (χ2n) is 8.00. The van der Waals surface area contributed by atoms with Crippen molar-refractivity contribution in [3.8, 4) is 0 Å². The fourth-order valence-electron chi connectivity index (χ4n) is 2.92. The average Bonchev–Trinajstić information content (AvgIpc) is 2.97. The highest BCUT2D eigenvalue weighted by Gasteiger charge is 1.95. The number of hydrogen-bond donors (Lipinski definition) is 3. The quantitative estimate of drug-likeness (QED) is 0.179. The SMILES string of the molecule is C=CC(=C)CC.CC.CC=N.Cc1ccc(CNCc2ccccc2)cc1.Nc1ccnc2ccccc12. The maximum Gasteiger partial charge on any atom is 0.0722 e. The van der Waals surface area contributed by atoms with Crippen LogP contribution in [0.2, 0.25) is 0 Å². The van der Waals surface area contributed by atoms with Crippen LogP contribution < -0.4 is 11.1 Å². The van der Waals surface area contributed by atoms with E-state index >= 15 is 0 Å². The molecule has 38 heavy (non-hydrogen) atoms. The van der Waals surface area contributed by atoms with E-state index in [4.69, 9.17) is 11.1 Å². The van der Waals surface area contributed by atoms with E-state index in [0.717, 1.165) is 41.7 Å². The van der Waals surface area contributed by atoms with E-state index in [1.807, 2.05) is 50.2 Å². The van der Waals surface area contributed by atoms with Crippen molar-refractivity contribution in [1.82, 2.24) is 10.3 Å². The Morgan fingerprint density at radius 2 is 1.42 bits per heavy atom. The fraction of sp³-hybridized carbons (Fsp3) is 0.235. The largest absolute Gasteiger partial charge is 0.398 e. The van der Waals surface area contributed by atoms with Gasteiger partial charge in [-0.25, -0.2) is 0 Å². The van der Waals surface area contributed by atoms with Crippen LogP contribution in [0.4, 0.5) is 5.69 Å². The molecule has 3 aromatic carbocycles. The number of hydrogen-bond acceptors (Lipinski definition) is 4. The summed E-state index contributed by atoms with van der Waals surface area (Å²) in [6.07, 6.45) is 5.77. The van der Waals surface area contributed by atoms with Gasteiger partial charge in [0, 0.05) is 30.4 Å². The van der Waals surface area contributed by atoms with Crippen molar-refractivity contribution >= 4 is 22.8 Å². The molecule has 0 saturated carbocycles. The first kappa shape index (κ1) is 34.0. The van der Waals surface area contributed by atoms with Crippen molar-refractivity contribution < 1.29 is 0 Å². The van der Waals surface area contributed by atoms with Crippen molar-refractivity contribution in [2.24, 2.45) is 0 Å². The number of benzene rings is 3. The number of allylic oxidation sites excluding steroid dienone is 2. The van der Waals surface area contributed by atoms with E-state index in [-0.39, 0.29) is 0 Å². The monoisotopic (exact) mass is 510 g/mol. The van der Waals surface area contributed by atoms with Crippen LogP contribution in [0.1, 0.15) is 50.8 Å². The van der Waals surface area contributed by atoms with E-state index in [9.17, 15) is 0 Å². The molecule has 0 spiro atoms. The first-order valence-corrected chi connectivity index (χ1v) is 13.1. The van der Waals surface area contributed by atoms with Crippen molar-refractivity contribution in [1.29, 1.82) is 5.41 Å². The summed E-state index contributed by atoms with van der Waals surface area (Å²) in [5, 5.41) is 10.5. The van der Waals surface area contributed by atoms with Gasteiger partial charge in [0.05, 0.1) is 5.52 Å². The molecule has 1 heterocycles. The molecule has 0 aliphatic rings. The molecular weight excluding hydrogens is 464 g/mol. The second kappa shape index (κ2) is 22.2. The van der Waals surface area contributed by atoms with Gasteiger partial charge in [-0.05, 0) is 49.7 Å². The smallest absolute Gasteiger partial charge is 0.0722 e. The highest BCUT2D eigenvalue weighted by Crippen LogP contribution is 2.16. The van der Waals surface area contributed by atoms with Crippen LogP contribution in [0.3, 0.4) is 0 Å². The van der Waals surface area contributed by atoms with Gasteiger partial charge in [-0.1, -0.05) is 124 Å². The van der Waals surface area contributed by atoms with E-state index < -0.39 is 0 Å². The summed E-state index contributed by atoms with van der Waals surface area (Å²) in [5.41, 5.74) is 12.5. The van der Waals surface area contributed by atoms with E-state index in [0.29, 0.717) is 0 Å². The maximum atomic E-state index is 6.08. The number of para-hydroxylation sites is 1. The Hall–Kier alpha value is -4.02. The number of fused-ring (bicyclic) bond motifs is 1. The van der Waals surface area contributed by atoms with Crippen LogP contribution in [0.25, 0.3) is 10.9 Å². The minimum Gasteiger partial charge on any atom is -0.398 e. The van der Waals surface area contributed by atoms with Gasteiger partial charge in [-0.3, -0.25) is 4.98 Å². The van der Waals surface area contributed by atoms with E-state index in [1.54, 1.807) is 19.2 Å². The molecule has 0 aliphatic carbocycles. The highest BCUT2D eigenvalue weighted by atomic mass is 14.8. The Bertz CT molecular complexity index is 1160. The molecule has 4 rings (SSSR count). The Kier molecular flexibility index (Phi) is 19.9. The van der Waals surface area contributed by atoms with Crippen molar-refractivity contribution in [2.45, 2.75) is 54.1 Å². The Labute approximate surface area is 230 Å². The number of nitrogens with zero attached hydrogens (tertiary/aromatic N) is 1. The lowest BCUT2D eigenvalue weighted by Gasteiger charge is -2.05. The van der Waals surface area contributed by atoms with Gasteiger partial charge in [0.2, 0.25) is 0 Å². The molecule has 202 valence electrons. The molecule has 4 N–H and O–H groups in total. The van der Waals surface area contributed by atoms with Crippen molar-refractivity contribution in [3.05, 3.63) is 133 Å². The zero-order valence-corrected chi connectivity index (χ0v) is 23.9. The predicted octanol–water partition coefficient (Wildman–Crippen LogP) is 8.92. The van der Waals surface area contributed by atoms with Gasteiger partial charge in [-0.15, -0.1) is 0 Å². The minimum absolute atomic E-state index is 0.788. The molecule has 0 unspecified atom stereocenters. The molecule has 0 amide bonds. The summed E-state index contributed by atoms with van der Waals surface area (Å²) < 4.78 is 0. The van der Waals surface area contributed by atoms with Crippen LogP contribution in [0, 0.1) is 12.3 Å². The Balaban J connectivity index is 0.000000540. The summed E-state index contributed by atoms with van der Waals surface area (Å²) in [4.78, 5) is 4.16. The number of nitrogen functional groups attached to an aromatic ring is 1. The highest BCUT2D eigenvalue weighted by molar-refractivity contribution is 5.89. The number of aryl methyl sites for hydroxylation is 1. The molecule has 1 aromatic heterocycles. The molecule has 0 bridgehead atoms. The van der Waals surface area contributed by atoms with E-state index in [2.05, 4.69) is 85.8 Å². The number of anilines is 1. The van der Waals surface area contributed by atoms with Crippen LogP contribution in [-0.2, 0) is 13.1 Å². The standard InChI is InChI=1S/C15H17N.C9H8N2.C6H10.C2H5N.C2H6/c1-13-7-9-15(10-8-13)12-16-11-14-5-3-2-4-6-14;10-8-5-6-11-9-4-2-1-3-7(8)9;1-4-6(3)5-2;1-2-3;1-2/h2-10,16H,11-12H2,1H3;1-6H,(H2,10,11);4H,1,3,5H2,2H3;2-3H,1H3;1-2H3. The Morgan fingerprint density at radius 1 is 0.895 bits per heavy atom. The summed E-state index contributed by atoms with van der Waals surface area (Å²) in [6.45, 7) is 18.9. The summed E-state index contributed by atoms with van der Waals surface area (Å²) in [5.74, 6) is 0. The normalized spacial score (nSPS) is 8.97. The molecule has 0 fully saturated rings. The first-order chi connectivity index (χ1) is 18.4. The summed E-state index contributed by atoms with van der Waals surface area (Å²) in [6, 6.07) is 28.8. The van der Waals surface area contributed by atoms with Gasteiger partial charge < -0.3 is 16.5 Å². The van der Waals surface area contributed by atoms with E-state index in [1.165, 1.54) is 22.9 Å². The number of pyridine rings is 1. The molecule has 4 aromatic rings. The lowest BCUT2D eigenvalue weighted by atomic mass is 10.1. The summed E-state index contributed by atoms with van der Waals surface area (Å²) in [7, 11) is 0. The van der Waals surface area contributed by atoms with Gasteiger partial charge in [0.25, 0.3) is 0 Å². The third kappa shape index (κ3) is 15.2. The first-order valence-electron chi connectivity index (χ1n) is 13.1. The molecule has 0 saturated heterocycles. The summed E-state index contributed by atoms with van der Waals surface area (Å²) >= 11 is 0. The lowest BCUT2D eigenvalue weighted by molar-refractivity contribution is 0.693. The average molecular weight is 511 g/mol. The molecule has 0 radical (unpaired) electrons. The maximum absolute atomic E-state index is 6.08. The Morgan fingerprint density at radius 3 is 1.92 bits per heavy atom. The fourth-order valence-corrected chi connectivity index (χ4v) is 2.92. The van der Waals surface area contributed by atoms with Gasteiger partial charge in [0.1, 0.15) is 0 Å². The topological polar surface area (TPSA) is 74.8 Å². The third-order valence-electron chi connectivity index (χ3n) is 5.05. The van der Waals surface area contributed by atoms with Gasteiger partial charge >= 0.3 is 0 Å².